The van der Waals surface area contributed by atoms with Crippen molar-refractivity contribution in [2.75, 3.05) is 25.1 Å². The number of thiazole rings is 1. The van der Waals surface area contributed by atoms with Gasteiger partial charge in [-0.3, -0.25) is 29.0 Å². The number of nitrogens with one attached hydrogen (secondary N) is 4. The second-order valence-corrected chi connectivity index (χ2v) is 13.1. The van der Waals surface area contributed by atoms with Crippen LogP contribution in [0.1, 0.15) is 54.7 Å². The fraction of sp³-hybridized carbons (Fsp3) is 0.536. The SMILES string of the molecule is CSCC[C@@H]1NC(=O)[C@@H]([Si])CC(=O)NCCCC[C@@H](C(=O)NC(CCCN=C(N)N)C(=O)c2nc3ccccc3s2)NC1=O. The van der Waals surface area contributed by atoms with Gasteiger partial charge in [0.1, 0.15) is 12.1 Å². The van der Waals surface area contributed by atoms with Crippen LogP contribution in [-0.2, 0) is 19.2 Å². The fourth-order valence-corrected chi connectivity index (χ4v) is 6.24. The van der Waals surface area contributed by atoms with Crippen molar-refractivity contribution in [3.8, 4) is 0 Å². The molecule has 0 aliphatic carbocycles. The van der Waals surface area contributed by atoms with E-state index in [1.807, 2.05) is 30.5 Å². The average Bonchev–Trinajstić information content (AvgIpc) is 3.43. The lowest BCUT2D eigenvalue weighted by atomic mass is 10.0. The molecule has 1 saturated heterocycles. The second kappa shape index (κ2) is 17.7. The minimum absolute atomic E-state index is 0.0715. The van der Waals surface area contributed by atoms with Crippen LogP contribution in [0.2, 0.25) is 5.54 Å². The van der Waals surface area contributed by atoms with E-state index in [-0.39, 0.29) is 48.5 Å². The Morgan fingerprint density at radius 2 is 1.95 bits per heavy atom. The highest BCUT2D eigenvalue weighted by Crippen LogP contribution is 2.23. The monoisotopic (exact) mass is 659 g/mol. The van der Waals surface area contributed by atoms with Gasteiger partial charge in [0, 0.05) is 35.3 Å². The van der Waals surface area contributed by atoms with Crippen LogP contribution in [0.3, 0.4) is 0 Å². The molecule has 1 aliphatic heterocycles. The van der Waals surface area contributed by atoms with Gasteiger partial charge in [-0.25, -0.2) is 4.98 Å². The minimum Gasteiger partial charge on any atom is -0.370 e. The molecule has 0 saturated carbocycles. The highest BCUT2D eigenvalue weighted by Gasteiger charge is 2.31. The van der Waals surface area contributed by atoms with Crippen molar-refractivity contribution < 1.29 is 24.0 Å². The second-order valence-electron chi connectivity index (χ2n) is 10.4. The number of carbonyl (C=O) groups is 5. The van der Waals surface area contributed by atoms with E-state index in [4.69, 9.17) is 11.5 Å². The van der Waals surface area contributed by atoms with E-state index in [0.717, 1.165) is 4.70 Å². The maximum Gasteiger partial charge on any atom is 0.243 e. The van der Waals surface area contributed by atoms with Crippen molar-refractivity contribution in [2.45, 2.75) is 68.6 Å². The summed E-state index contributed by atoms with van der Waals surface area (Å²) in [5.74, 6) is -1.70. The van der Waals surface area contributed by atoms with Crippen LogP contribution >= 0.6 is 23.1 Å². The third-order valence-electron chi connectivity index (χ3n) is 6.91. The molecule has 237 valence electrons. The number of rotatable bonds is 11. The number of amides is 4. The van der Waals surface area contributed by atoms with Gasteiger partial charge in [0.05, 0.1) is 16.3 Å². The van der Waals surface area contributed by atoms with Crippen molar-refractivity contribution in [2.24, 2.45) is 16.5 Å². The highest BCUT2D eigenvalue weighted by atomic mass is 32.2. The van der Waals surface area contributed by atoms with Crippen LogP contribution in [0, 0.1) is 0 Å². The van der Waals surface area contributed by atoms with Crippen molar-refractivity contribution in [1.29, 1.82) is 0 Å². The number of Topliss-reactive ketones (excluding diaryl/α,β-unsaturated/α-hetero) is 1. The number of fused-ring (bicyclic) bond motifs is 1. The average molecular weight is 660 g/mol. The maximum atomic E-state index is 13.7. The van der Waals surface area contributed by atoms with Crippen LogP contribution in [0.4, 0.5) is 0 Å². The van der Waals surface area contributed by atoms with Crippen LogP contribution in [0.5, 0.6) is 0 Å². The first-order valence-electron chi connectivity index (χ1n) is 14.4. The molecule has 8 N–H and O–H groups in total. The number of hydrogen-bond acceptors (Lipinski definition) is 9. The van der Waals surface area contributed by atoms with E-state index in [0.29, 0.717) is 43.5 Å². The number of benzene rings is 1. The van der Waals surface area contributed by atoms with Crippen molar-refractivity contribution in [3.63, 3.8) is 0 Å². The molecule has 13 nitrogen and oxygen atoms in total. The first-order valence-corrected chi connectivity index (χ1v) is 17.2. The number of thioether (sulfide) groups is 1. The molecule has 1 unspecified atom stereocenters. The van der Waals surface area contributed by atoms with Gasteiger partial charge in [-0.15, -0.1) is 11.3 Å². The Labute approximate surface area is 268 Å². The van der Waals surface area contributed by atoms with E-state index in [1.54, 1.807) is 0 Å². The maximum absolute atomic E-state index is 13.7. The Hall–Kier alpha value is -3.50. The zero-order valence-electron chi connectivity index (χ0n) is 24.6. The Kier molecular flexibility index (Phi) is 14.1. The van der Waals surface area contributed by atoms with Crippen molar-refractivity contribution in [3.05, 3.63) is 29.3 Å². The van der Waals surface area contributed by atoms with Gasteiger partial charge in [-0.1, -0.05) is 12.1 Å². The summed E-state index contributed by atoms with van der Waals surface area (Å²) >= 11 is 2.75. The summed E-state index contributed by atoms with van der Waals surface area (Å²) in [6, 6.07) is 4.52. The molecule has 0 bridgehead atoms. The summed E-state index contributed by atoms with van der Waals surface area (Å²) in [5.41, 5.74) is 10.7. The molecular formula is C28H39N8O5S2Si. The number of ketones is 1. The molecule has 1 fully saturated rings. The molecule has 1 aliphatic rings. The van der Waals surface area contributed by atoms with E-state index >= 15 is 0 Å². The quantitative estimate of drug-likeness (QED) is 0.0647. The fourth-order valence-electron chi connectivity index (χ4n) is 4.54. The summed E-state index contributed by atoms with van der Waals surface area (Å²) in [6.07, 6.45) is 4.10. The zero-order valence-corrected chi connectivity index (χ0v) is 27.2. The number of para-hydroxylation sites is 1. The first kappa shape index (κ1) is 35.0. The lowest BCUT2D eigenvalue weighted by Crippen LogP contribution is -2.56. The molecule has 2 aromatic rings. The number of hydrogen-bond donors (Lipinski definition) is 6. The third kappa shape index (κ3) is 10.9. The van der Waals surface area contributed by atoms with E-state index in [9.17, 15) is 24.0 Å². The molecule has 1 aromatic heterocycles. The van der Waals surface area contributed by atoms with E-state index < -0.39 is 41.4 Å². The van der Waals surface area contributed by atoms with Gasteiger partial charge >= 0.3 is 0 Å². The minimum atomic E-state index is -0.988. The van der Waals surface area contributed by atoms with Gasteiger partial charge in [0.25, 0.3) is 0 Å². The normalized spacial score (nSPS) is 20.9. The molecule has 4 amide bonds. The Balaban J connectivity index is 1.82. The number of aromatic nitrogens is 1. The first-order chi connectivity index (χ1) is 21.1. The topological polar surface area (TPSA) is 211 Å². The highest BCUT2D eigenvalue weighted by molar-refractivity contribution is 7.98. The number of carbonyl (C=O) groups excluding carboxylic acids is 5. The molecular weight excluding hydrogens is 621 g/mol. The van der Waals surface area contributed by atoms with Crippen LogP contribution < -0.4 is 32.7 Å². The Bertz CT molecular complexity index is 1320. The van der Waals surface area contributed by atoms with Crippen molar-refractivity contribution in [1.82, 2.24) is 26.3 Å². The molecule has 3 radical (unpaired) electrons. The number of nitrogens with zero attached hydrogens (tertiary/aromatic N) is 2. The summed E-state index contributed by atoms with van der Waals surface area (Å²) in [5, 5.41) is 11.4. The van der Waals surface area contributed by atoms with E-state index in [1.165, 1.54) is 23.1 Å². The molecule has 1 aromatic carbocycles. The molecule has 2 heterocycles. The molecule has 0 spiro atoms. The summed E-state index contributed by atoms with van der Waals surface area (Å²) in [6.45, 7) is 0.612. The predicted molar refractivity (Wildman–Crippen MR) is 174 cm³/mol. The number of guanidine groups is 1. The van der Waals surface area contributed by atoms with E-state index in [2.05, 4.69) is 41.5 Å². The molecule has 3 rings (SSSR count). The predicted octanol–water partition coefficient (Wildman–Crippen LogP) is 0.387. The molecule has 16 heteroatoms. The smallest absolute Gasteiger partial charge is 0.243 e. The summed E-state index contributed by atoms with van der Waals surface area (Å²) in [4.78, 5) is 74.2. The van der Waals surface area contributed by atoms with Crippen LogP contribution in [-0.4, -0.2) is 93.8 Å². The van der Waals surface area contributed by atoms with Crippen LogP contribution in [0.15, 0.2) is 29.3 Å². The summed E-state index contributed by atoms with van der Waals surface area (Å²) in [7, 11) is 3.30. The van der Waals surface area contributed by atoms with Gasteiger partial charge in [0.15, 0.2) is 11.0 Å². The lowest BCUT2D eigenvalue weighted by Gasteiger charge is -2.26. The van der Waals surface area contributed by atoms with Gasteiger partial charge in [0.2, 0.25) is 29.4 Å². The Morgan fingerprint density at radius 3 is 2.68 bits per heavy atom. The Morgan fingerprint density at radius 1 is 1.18 bits per heavy atom. The number of aliphatic imine (C=N–C) groups is 1. The van der Waals surface area contributed by atoms with Crippen LogP contribution in [0.25, 0.3) is 10.2 Å². The lowest BCUT2D eigenvalue weighted by molar-refractivity contribution is -0.133. The zero-order chi connectivity index (χ0) is 32.1. The molecule has 44 heavy (non-hydrogen) atoms. The standard InChI is InChI=1S/C28H39N8O5S2Si/c1-42-14-11-19-25(40)34-18(8-4-5-12-31-22(37)15-21(44)26(41)35-19)24(39)33-17(9-6-13-32-28(29)30)23(38)27-36-16-7-2-3-10-20(16)43-27/h2-3,7,10,17-19,21H,4-6,8-9,11-15H2,1H3,(H,31,37)(H,33,39)(H,34,40)(H,35,41)(H4,29,30,32)/t17?,18-,19-,21-/m0/s1. The summed E-state index contributed by atoms with van der Waals surface area (Å²) < 4.78 is 0.843. The largest absolute Gasteiger partial charge is 0.370 e. The molecule has 4 atom stereocenters. The number of nitrogens with two attached hydrogens (primary N) is 2. The van der Waals surface area contributed by atoms with Crippen molar-refractivity contribution >= 4 is 78.9 Å². The van der Waals surface area contributed by atoms with Gasteiger partial charge in [-0.05, 0) is 62.7 Å². The van der Waals surface area contributed by atoms with Gasteiger partial charge in [-0.2, -0.15) is 11.8 Å². The third-order valence-corrected chi connectivity index (χ3v) is 9.07. The van der Waals surface area contributed by atoms with Gasteiger partial charge < -0.3 is 32.7 Å².